The molecule has 0 bridgehead atoms. The maximum Gasteiger partial charge on any atom is 0.269 e. The monoisotopic (exact) mass is 628 g/mol. The van der Waals surface area contributed by atoms with Crippen LogP contribution in [0.15, 0.2) is 78.9 Å². The average Bonchev–Trinajstić information content (AvgIpc) is 3.26. The first-order chi connectivity index (χ1) is 21.9. The second kappa shape index (κ2) is 13.2. The molecule has 2 aliphatic rings. The quantitative estimate of drug-likeness (QED) is 0.151. The van der Waals surface area contributed by atoms with Crippen LogP contribution in [0.3, 0.4) is 0 Å². The van der Waals surface area contributed by atoms with E-state index in [2.05, 4.69) is 5.32 Å². The van der Waals surface area contributed by atoms with Gasteiger partial charge in [0.05, 0.1) is 29.8 Å². The number of nitro groups is 1. The third-order valence-corrected chi connectivity index (χ3v) is 8.67. The highest BCUT2D eigenvalue weighted by Crippen LogP contribution is 2.47. The minimum absolute atomic E-state index is 0.0310. The highest BCUT2D eigenvalue weighted by atomic mass is 16.6. The summed E-state index contributed by atoms with van der Waals surface area (Å²) in [6.45, 7) is 3.17. The van der Waals surface area contributed by atoms with Crippen LogP contribution < -0.4 is 10.2 Å². The second-order valence-electron chi connectivity index (χ2n) is 11.7. The van der Waals surface area contributed by atoms with Crippen LogP contribution >= 0.6 is 0 Å². The first kappa shape index (κ1) is 32.5. The Hall–Kier alpha value is -4.91. The van der Waals surface area contributed by atoms with Gasteiger partial charge in [0.2, 0.25) is 5.91 Å². The minimum atomic E-state index is -2.15. The lowest BCUT2D eigenvalue weighted by Gasteiger charge is -2.36. The number of nitrogens with one attached hydrogen (secondary N) is 1. The van der Waals surface area contributed by atoms with Gasteiger partial charge in [-0.15, -0.1) is 0 Å². The Morgan fingerprint density at radius 3 is 2.46 bits per heavy atom. The molecular formula is C34H36N4O8. The summed E-state index contributed by atoms with van der Waals surface area (Å²) in [5, 5.41) is 45.5. The molecule has 12 nitrogen and oxygen atoms in total. The van der Waals surface area contributed by atoms with E-state index in [0.29, 0.717) is 29.9 Å². The van der Waals surface area contributed by atoms with E-state index in [1.165, 1.54) is 30.0 Å². The Morgan fingerprint density at radius 2 is 1.80 bits per heavy atom. The Balaban J connectivity index is 1.35. The molecule has 4 atom stereocenters. The average molecular weight is 629 g/mol. The summed E-state index contributed by atoms with van der Waals surface area (Å²) < 4.78 is 0. The van der Waals surface area contributed by atoms with Gasteiger partial charge < -0.3 is 30.4 Å². The summed E-state index contributed by atoms with van der Waals surface area (Å²) in [4.78, 5) is 53.0. The van der Waals surface area contributed by atoms with Gasteiger partial charge in [-0.2, -0.15) is 0 Å². The molecule has 0 radical (unpaired) electrons. The predicted molar refractivity (Wildman–Crippen MR) is 169 cm³/mol. The molecule has 0 fully saturated rings. The Labute approximate surface area is 265 Å². The molecule has 0 spiro atoms. The van der Waals surface area contributed by atoms with Crippen LogP contribution in [0.5, 0.6) is 0 Å². The lowest BCUT2D eigenvalue weighted by Crippen LogP contribution is -2.46. The van der Waals surface area contributed by atoms with Gasteiger partial charge in [-0.3, -0.25) is 24.5 Å². The molecule has 0 aromatic heterocycles. The van der Waals surface area contributed by atoms with Crippen molar-refractivity contribution in [3.8, 4) is 0 Å². The van der Waals surface area contributed by atoms with Crippen LogP contribution in [0, 0.1) is 16.0 Å². The number of hydrogen-bond acceptors (Lipinski definition) is 8. The number of nitrogens with zero attached hydrogens (tertiary/aromatic N) is 3. The van der Waals surface area contributed by atoms with Gasteiger partial charge in [-0.1, -0.05) is 55.5 Å². The van der Waals surface area contributed by atoms with Crippen LogP contribution in [0.1, 0.15) is 42.5 Å². The zero-order valence-corrected chi connectivity index (χ0v) is 25.5. The number of anilines is 2. The van der Waals surface area contributed by atoms with Crippen molar-refractivity contribution in [2.45, 2.75) is 57.5 Å². The van der Waals surface area contributed by atoms with Crippen molar-refractivity contribution in [1.82, 2.24) is 4.90 Å². The SMILES string of the molecule is C[C@H](O)C(=O)Nc1ccc(CN2C(=O)[C@](O)([C@H](C)/C=C/CC(=O)N3Cc4ccccc4C[C@H]3CO)c3cc([N+](=O)[O-])ccc32)cc1. The van der Waals surface area contributed by atoms with Crippen molar-refractivity contribution < 1.29 is 34.6 Å². The van der Waals surface area contributed by atoms with Gasteiger partial charge in [0.15, 0.2) is 5.60 Å². The highest BCUT2D eigenvalue weighted by molar-refractivity contribution is 6.07. The fraction of sp³-hybridized carbons (Fsp3) is 0.324. The number of carbonyl (C=O) groups is 3. The molecule has 2 heterocycles. The number of hydrogen-bond donors (Lipinski definition) is 4. The summed E-state index contributed by atoms with van der Waals surface area (Å²) in [6, 6.07) is 17.9. The number of fused-ring (bicyclic) bond motifs is 2. The molecule has 46 heavy (non-hydrogen) atoms. The van der Waals surface area contributed by atoms with E-state index in [9.17, 15) is 39.8 Å². The molecule has 5 rings (SSSR count). The first-order valence-corrected chi connectivity index (χ1v) is 15.0. The van der Waals surface area contributed by atoms with Crippen molar-refractivity contribution in [3.63, 3.8) is 0 Å². The fourth-order valence-electron chi connectivity index (χ4n) is 6.00. The molecule has 0 saturated heterocycles. The minimum Gasteiger partial charge on any atom is -0.394 e. The van der Waals surface area contributed by atoms with E-state index in [0.717, 1.165) is 11.1 Å². The maximum absolute atomic E-state index is 13.9. The summed E-state index contributed by atoms with van der Waals surface area (Å²) >= 11 is 0. The molecule has 3 amide bonds. The van der Waals surface area contributed by atoms with E-state index in [1.807, 2.05) is 24.3 Å². The first-order valence-electron chi connectivity index (χ1n) is 15.0. The number of aliphatic hydroxyl groups excluding tert-OH is 2. The van der Waals surface area contributed by atoms with E-state index >= 15 is 0 Å². The smallest absolute Gasteiger partial charge is 0.269 e. The summed E-state index contributed by atoms with van der Waals surface area (Å²) in [6.07, 6.45) is 2.46. The Bertz CT molecular complexity index is 1690. The lowest BCUT2D eigenvalue weighted by atomic mass is 9.82. The van der Waals surface area contributed by atoms with Gasteiger partial charge in [0.1, 0.15) is 6.10 Å². The largest absolute Gasteiger partial charge is 0.394 e. The number of rotatable bonds is 10. The third-order valence-electron chi connectivity index (χ3n) is 8.67. The second-order valence-corrected chi connectivity index (χ2v) is 11.7. The maximum atomic E-state index is 13.9. The standard InChI is InChI=1S/C34H36N4O8/c1-21(6-5-9-31(41)36-19-25-8-4-3-7-24(25)16-28(36)20-39)34(44)29-17-27(38(45)46)14-15-30(29)37(33(34)43)18-23-10-12-26(13-11-23)35-32(42)22(2)40/h3-8,10-15,17,21-22,28,39-40,44H,9,16,18-20H2,1-2H3,(H,35,42)/b6-5+/t21-,22+,28+,34+/m1/s1. The molecule has 3 aromatic rings. The number of carbonyl (C=O) groups excluding carboxylic acids is 3. The van der Waals surface area contributed by atoms with Crippen molar-refractivity contribution in [2.75, 3.05) is 16.8 Å². The van der Waals surface area contributed by atoms with E-state index < -0.39 is 34.4 Å². The van der Waals surface area contributed by atoms with Crippen LogP contribution in [-0.4, -0.2) is 61.6 Å². The zero-order valence-electron chi connectivity index (χ0n) is 25.5. The van der Waals surface area contributed by atoms with Gasteiger partial charge in [-0.05, 0) is 48.2 Å². The lowest BCUT2D eigenvalue weighted by molar-refractivity contribution is -0.385. The van der Waals surface area contributed by atoms with Gasteiger partial charge >= 0.3 is 0 Å². The van der Waals surface area contributed by atoms with Crippen LogP contribution in [-0.2, 0) is 39.5 Å². The molecule has 2 aliphatic heterocycles. The predicted octanol–water partition coefficient (Wildman–Crippen LogP) is 3.18. The summed E-state index contributed by atoms with van der Waals surface area (Å²) in [7, 11) is 0. The highest BCUT2D eigenvalue weighted by Gasteiger charge is 2.53. The van der Waals surface area contributed by atoms with Gasteiger partial charge in [0.25, 0.3) is 17.5 Å². The number of amides is 3. The Kier molecular flexibility index (Phi) is 9.33. The molecular weight excluding hydrogens is 592 g/mol. The van der Waals surface area contributed by atoms with Crippen LogP contribution in [0.4, 0.5) is 17.1 Å². The normalized spacial score (nSPS) is 20.3. The summed E-state index contributed by atoms with van der Waals surface area (Å²) in [5.74, 6) is -2.33. The van der Waals surface area contributed by atoms with Crippen molar-refractivity contribution >= 4 is 34.8 Å². The third kappa shape index (κ3) is 6.27. The van der Waals surface area contributed by atoms with Crippen molar-refractivity contribution in [1.29, 1.82) is 0 Å². The van der Waals surface area contributed by atoms with Crippen LogP contribution in [0.25, 0.3) is 0 Å². The van der Waals surface area contributed by atoms with Gasteiger partial charge in [0, 0.05) is 42.3 Å². The molecule has 3 aromatic carbocycles. The van der Waals surface area contributed by atoms with E-state index in [-0.39, 0.29) is 42.8 Å². The number of aliphatic hydroxyl groups is 3. The van der Waals surface area contributed by atoms with Crippen molar-refractivity contribution in [2.24, 2.45) is 5.92 Å². The number of nitro benzene ring substituents is 1. The topological polar surface area (TPSA) is 174 Å². The number of non-ortho nitro benzene ring substituents is 1. The molecule has 4 N–H and O–H groups in total. The molecule has 240 valence electrons. The van der Waals surface area contributed by atoms with E-state index in [1.54, 1.807) is 48.2 Å². The molecule has 12 heteroatoms. The van der Waals surface area contributed by atoms with Gasteiger partial charge in [-0.25, -0.2) is 0 Å². The van der Waals surface area contributed by atoms with Crippen LogP contribution in [0.2, 0.25) is 0 Å². The number of benzene rings is 3. The molecule has 0 aliphatic carbocycles. The summed E-state index contributed by atoms with van der Waals surface area (Å²) in [5.41, 5.74) is 1.19. The fourth-order valence-corrected chi connectivity index (χ4v) is 6.00. The zero-order chi connectivity index (χ0) is 33.2. The molecule has 0 saturated carbocycles. The van der Waals surface area contributed by atoms with Crippen molar-refractivity contribution in [3.05, 3.63) is 111 Å². The Morgan fingerprint density at radius 1 is 1.11 bits per heavy atom. The van der Waals surface area contributed by atoms with E-state index in [4.69, 9.17) is 0 Å². The molecule has 0 unspecified atom stereocenters.